The smallest absolute Gasteiger partial charge is 0.0972 e. The van der Waals surface area contributed by atoms with Crippen LogP contribution in [0.15, 0.2) is 116 Å². The summed E-state index contributed by atoms with van der Waals surface area (Å²) >= 11 is 0. The molecule has 3 heterocycles. The van der Waals surface area contributed by atoms with E-state index < -0.39 is 0 Å². The molecule has 7 rings (SSSR count). The van der Waals surface area contributed by atoms with Gasteiger partial charge in [-0.3, -0.25) is 9.97 Å². The summed E-state index contributed by atoms with van der Waals surface area (Å²) in [6.45, 7) is 0. The molecule has 0 amide bonds. The molecule has 3 heteroatoms. The minimum atomic E-state index is 0.857. The maximum absolute atomic E-state index is 5.05. The van der Waals surface area contributed by atoms with Crippen LogP contribution in [-0.2, 0) is 0 Å². The van der Waals surface area contributed by atoms with Crippen molar-refractivity contribution in [3.05, 3.63) is 116 Å². The van der Waals surface area contributed by atoms with Crippen molar-refractivity contribution in [1.29, 1.82) is 0 Å². The molecule has 0 spiro atoms. The van der Waals surface area contributed by atoms with E-state index in [0.29, 0.717) is 0 Å². The van der Waals surface area contributed by atoms with Gasteiger partial charge >= 0.3 is 0 Å². The Bertz CT molecular complexity index is 1830. The first kappa shape index (κ1) is 18.9. The first-order valence-corrected chi connectivity index (χ1v) is 11.4. The number of pyridine rings is 3. The van der Waals surface area contributed by atoms with Crippen LogP contribution in [0.4, 0.5) is 0 Å². The van der Waals surface area contributed by atoms with Gasteiger partial charge in [-0.25, -0.2) is 4.98 Å². The van der Waals surface area contributed by atoms with E-state index >= 15 is 0 Å². The quantitative estimate of drug-likeness (QED) is 0.261. The minimum Gasteiger partial charge on any atom is -0.256 e. The van der Waals surface area contributed by atoms with E-state index in [1.807, 2.05) is 36.7 Å². The van der Waals surface area contributed by atoms with Gasteiger partial charge in [-0.2, -0.15) is 0 Å². The number of benzene rings is 4. The van der Waals surface area contributed by atoms with Crippen LogP contribution in [0.3, 0.4) is 0 Å². The second-order valence-electron chi connectivity index (χ2n) is 8.50. The lowest BCUT2D eigenvalue weighted by atomic mass is 9.96. The van der Waals surface area contributed by atoms with E-state index in [1.165, 1.54) is 21.5 Å². The Kier molecular flexibility index (Phi) is 4.15. The third-order valence-corrected chi connectivity index (χ3v) is 6.54. The molecule has 0 unspecified atom stereocenters. The zero-order valence-corrected chi connectivity index (χ0v) is 18.3. The fraction of sp³-hybridized carbons (Fsp3) is 0. The van der Waals surface area contributed by atoms with Crippen molar-refractivity contribution in [1.82, 2.24) is 15.0 Å². The Morgan fingerprint density at radius 1 is 0.471 bits per heavy atom. The normalized spacial score (nSPS) is 11.5. The van der Waals surface area contributed by atoms with Gasteiger partial charge in [-0.05, 0) is 40.4 Å². The fourth-order valence-electron chi connectivity index (χ4n) is 4.94. The molecule has 0 aliphatic carbocycles. The molecule has 0 aliphatic rings. The predicted octanol–water partition coefficient (Wildman–Crippen LogP) is 7.82. The Morgan fingerprint density at radius 3 is 2.03 bits per heavy atom. The van der Waals surface area contributed by atoms with E-state index in [1.54, 1.807) is 0 Å². The molecule has 7 aromatic rings. The van der Waals surface area contributed by atoms with Gasteiger partial charge in [0.05, 0.1) is 22.6 Å². The highest BCUT2D eigenvalue weighted by atomic mass is 14.8. The van der Waals surface area contributed by atoms with Crippen molar-refractivity contribution in [2.24, 2.45) is 0 Å². The summed E-state index contributed by atoms with van der Waals surface area (Å²) in [6.07, 6.45) is 3.77. The third kappa shape index (κ3) is 2.87. The van der Waals surface area contributed by atoms with Crippen LogP contribution in [0.2, 0.25) is 0 Å². The number of hydrogen-bond donors (Lipinski definition) is 0. The van der Waals surface area contributed by atoms with Crippen LogP contribution in [0.5, 0.6) is 0 Å². The maximum Gasteiger partial charge on any atom is 0.0972 e. The van der Waals surface area contributed by atoms with Gasteiger partial charge in [0.15, 0.2) is 0 Å². The van der Waals surface area contributed by atoms with Crippen molar-refractivity contribution < 1.29 is 0 Å². The van der Waals surface area contributed by atoms with Crippen LogP contribution in [0.25, 0.3) is 65.9 Å². The van der Waals surface area contributed by atoms with Gasteiger partial charge in [0.2, 0.25) is 0 Å². The summed E-state index contributed by atoms with van der Waals surface area (Å²) in [7, 11) is 0. The van der Waals surface area contributed by atoms with Gasteiger partial charge in [-0.15, -0.1) is 0 Å². The number of fused-ring (bicyclic) bond motifs is 6. The lowest BCUT2D eigenvalue weighted by molar-refractivity contribution is 1.27. The summed E-state index contributed by atoms with van der Waals surface area (Å²) in [5.74, 6) is 0. The lowest BCUT2D eigenvalue weighted by Gasteiger charge is -2.12. The standard InChI is InChI=1S/C31H19N3/c1-3-9-23-20(7-1)13-15-26-29(23)25-11-5-6-12-27(25)34-31(26)28-16-14-22(19-33-28)30-24-10-4-2-8-21(24)17-18-32-30/h1-19H. The monoisotopic (exact) mass is 433 g/mol. The van der Waals surface area contributed by atoms with E-state index in [-0.39, 0.29) is 0 Å². The predicted molar refractivity (Wildman–Crippen MR) is 141 cm³/mol. The fourth-order valence-corrected chi connectivity index (χ4v) is 4.94. The molecule has 0 fully saturated rings. The maximum atomic E-state index is 5.05. The molecular weight excluding hydrogens is 414 g/mol. The molecule has 0 atom stereocenters. The van der Waals surface area contributed by atoms with Gasteiger partial charge in [0.1, 0.15) is 0 Å². The summed E-state index contributed by atoms with van der Waals surface area (Å²) in [4.78, 5) is 14.6. The summed E-state index contributed by atoms with van der Waals surface area (Å²) in [5, 5.41) is 8.25. The molecule has 34 heavy (non-hydrogen) atoms. The molecule has 158 valence electrons. The van der Waals surface area contributed by atoms with Gasteiger partial charge in [0, 0.05) is 39.5 Å². The van der Waals surface area contributed by atoms with Crippen molar-refractivity contribution >= 4 is 43.2 Å². The van der Waals surface area contributed by atoms with E-state index in [0.717, 1.165) is 44.3 Å². The Labute approximate surface area is 196 Å². The highest BCUT2D eigenvalue weighted by Crippen LogP contribution is 2.36. The summed E-state index contributed by atoms with van der Waals surface area (Å²) < 4.78 is 0. The molecule has 0 bridgehead atoms. The first-order chi connectivity index (χ1) is 16.9. The zero-order valence-electron chi connectivity index (χ0n) is 18.3. The molecule has 0 N–H and O–H groups in total. The number of para-hydroxylation sites is 1. The van der Waals surface area contributed by atoms with Crippen molar-refractivity contribution in [3.8, 4) is 22.6 Å². The van der Waals surface area contributed by atoms with Gasteiger partial charge in [-0.1, -0.05) is 78.9 Å². The third-order valence-electron chi connectivity index (χ3n) is 6.54. The second-order valence-corrected chi connectivity index (χ2v) is 8.50. The summed E-state index contributed by atoms with van der Waals surface area (Å²) in [5.41, 5.74) is 4.67. The number of nitrogens with zero attached hydrogens (tertiary/aromatic N) is 3. The van der Waals surface area contributed by atoms with E-state index in [9.17, 15) is 0 Å². The van der Waals surface area contributed by atoms with Crippen LogP contribution in [0, 0.1) is 0 Å². The number of rotatable bonds is 2. The van der Waals surface area contributed by atoms with Crippen molar-refractivity contribution in [3.63, 3.8) is 0 Å². The van der Waals surface area contributed by atoms with Gasteiger partial charge in [0.25, 0.3) is 0 Å². The van der Waals surface area contributed by atoms with Gasteiger partial charge < -0.3 is 0 Å². The Hall–Kier alpha value is -4.63. The molecule has 4 aromatic carbocycles. The highest BCUT2D eigenvalue weighted by Gasteiger charge is 2.14. The number of hydrogen-bond acceptors (Lipinski definition) is 3. The Morgan fingerprint density at radius 2 is 1.21 bits per heavy atom. The van der Waals surface area contributed by atoms with Crippen molar-refractivity contribution in [2.45, 2.75) is 0 Å². The molecule has 3 aromatic heterocycles. The van der Waals surface area contributed by atoms with Crippen LogP contribution in [0.1, 0.15) is 0 Å². The molecular formula is C31H19N3. The van der Waals surface area contributed by atoms with Crippen LogP contribution >= 0.6 is 0 Å². The molecule has 0 radical (unpaired) electrons. The topological polar surface area (TPSA) is 38.7 Å². The largest absolute Gasteiger partial charge is 0.256 e. The molecule has 0 aliphatic heterocycles. The van der Waals surface area contributed by atoms with Crippen LogP contribution < -0.4 is 0 Å². The lowest BCUT2D eigenvalue weighted by Crippen LogP contribution is -1.94. The van der Waals surface area contributed by atoms with E-state index in [2.05, 4.69) is 83.8 Å². The minimum absolute atomic E-state index is 0.857. The molecule has 0 saturated carbocycles. The average Bonchev–Trinajstić information content (AvgIpc) is 2.92. The van der Waals surface area contributed by atoms with Crippen LogP contribution in [-0.4, -0.2) is 15.0 Å². The number of aromatic nitrogens is 3. The van der Waals surface area contributed by atoms with E-state index in [4.69, 9.17) is 9.97 Å². The molecule has 3 nitrogen and oxygen atoms in total. The second kappa shape index (κ2) is 7.46. The zero-order chi connectivity index (χ0) is 22.5. The van der Waals surface area contributed by atoms with Crippen molar-refractivity contribution in [2.75, 3.05) is 0 Å². The summed E-state index contributed by atoms with van der Waals surface area (Å²) in [6, 6.07) is 35.7. The molecule has 0 saturated heterocycles. The highest BCUT2D eigenvalue weighted by molar-refractivity contribution is 6.22. The SMILES string of the molecule is c1ccc2c(-c3ccc(-c4nc5ccccc5c5c4ccc4ccccc45)nc3)nccc2c1. The average molecular weight is 434 g/mol. The first-order valence-electron chi connectivity index (χ1n) is 11.4. The Balaban J connectivity index is 1.46.